The Balaban J connectivity index is 1.56. The zero-order valence-electron chi connectivity index (χ0n) is 13.9. The summed E-state index contributed by atoms with van der Waals surface area (Å²) in [6, 6.07) is 5.96. The molecule has 0 fully saturated rings. The van der Waals surface area contributed by atoms with Gasteiger partial charge >= 0.3 is 0 Å². The maximum absolute atomic E-state index is 12.3. The molecule has 0 saturated heterocycles. The largest absolute Gasteiger partial charge is 0.377 e. The fourth-order valence-electron chi connectivity index (χ4n) is 2.46. The number of carbonyl (C=O) groups is 3. The van der Waals surface area contributed by atoms with Gasteiger partial charge in [0.1, 0.15) is 17.7 Å². The zero-order chi connectivity index (χ0) is 18.5. The Labute approximate surface area is 153 Å². The summed E-state index contributed by atoms with van der Waals surface area (Å²) in [5, 5.41) is 16.7. The predicted octanol–water partition coefficient (Wildman–Crippen LogP) is 1.15. The lowest BCUT2D eigenvalue weighted by molar-refractivity contribution is -0.118. The van der Waals surface area contributed by atoms with Crippen molar-refractivity contribution in [2.75, 3.05) is 17.7 Å². The molecule has 1 aliphatic rings. The molecular weight excluding hydrogens is 358 g/mol. The molecule has 0 saturated carbocycles. The monoisotopic (exact) mass is 375 g/mol. The van der Waals surface area contributed by atoms with Crippen molar-refractivity contribution >= 4 is 39.9 Å². The van der Waals surface area contributed by atoms with Crippen molar-refractivity contribution in [2.45, 2.75) is 25.5 Å². The number of para-hydroxylation sites is 1. The number of methoxy groups -OCH3 is 1. The molecule has 0 spiro atoms. The zero-order valence-corrected chi connectivity index (χ0v) is 14.8. The van der Waals surface area contributed by atoms with Gasteiger partial charge in [-0.25, -0.2) is 0 Å². The number of nitrogens with one attached hydrogen (secondary N) is 3. The average Bonchev–Trinajstić information content (AvgIpc) is 3.01. The number of ether oxygens (including phenoxy) is 1. The van der Waals surface area contributed by atoms with Crippen LogP contribution in [0.2, 0.25) is 0 Å². The van der Waals surface area contributed by atoms with E-state index < -0.39 is 6.04 Å². The first-order chi connectivity index (χ1) is 12.6. The Hall–Kier alpha value is -2.85. The van der Waals surface area contributed by atoms with E-state index in [-0.39, 0.29) is 30.6 Å². The standard InChI is InChI=1S/C16H17N5O4S/c1-25-8-13-20-21-16(26-13)19-12(22)7-6-11-15(24)17-10-5-3-2-4-9(10)14(23)18-11/h2-5,11H,6-8H2,1H3,(H,17,24)(H,18,23)(H,19,21,22)/t11-/m1/s1. The molecule has 26 heavy (non-hydrogen) atoms. The van der Waals surface area contributed by atoms with Crippen LogP contribution in [0.3, 0.4) is 0 Å². The van der Waals surface area contributed by atoms with Crippen molar-refractivity contribution in [1.82, 2.24) is 15.5 Å². The van der Waals surface area contributed by atoms with Crippen LogP contribution in [0, 0.1) is 0 Å². The van der Waals surface area contributed by atoms with E-state index in [0.717, 1.165) is 0 Å². The van der Waals surface area contributed by atoms with Gasteiger partial charge in [-0.3, -0.25) is 14.4 Å². The first-order valence-electron chi connectivity index (χ1n) is 7.88. The van der Waals surface area contributed by atoms with E-state index in [4.69, 9.17) is 4.74 Å². The van der Waals surface area contributed by atoms with Crippen LogP contribution in [0.5, 0.6) is 0 Å². The minimum atomic E-state index is -0.792. The van der Waals surface area contributed by atoms with Gasteiger partial charge in [0.25, 0.3) is 5.91 Å². The number of amides is 3. The van der Waals surface area contributed by atoms with Crippen LogP contribution in [0.25, 0.3) is 0 Å². The van der Waals surface area contributed by atoms with Crippen molar-refractivity contribution in [1.29, 1.82) is 0 Å². The molecule has 1 aromatic carbocycles. The Morgan fingerprint density at radius 3 is 2.92 bits per heavy atom. The highest BCUT2D eigenvalue weighted by Crippen LogP contribution is 2.20. The van der Waals surface area contributed by atoms with Gasteiger partial charge in [0.2, 0.25) is 16.9 Å². The number of anilines is 2. The molecule has 0 unspecified atom stereocenters. The first-order valence-corrected chi connectivity index (χ1v) is 8.70. The van der Waals surface area contributed by atoms with Crippen LogP contribution in [-0.2, 0) is 20.9 Å². The molecule has 1 atom stereocenters. The molecule has 3 N–H and O–H groups in total. The number of aromatic nitrogens is 2. The van der Waals surface area contributed by atoms with Gasteiger partial charge in [-0.05, 0) is 18.6 Å². The molecule has 10 heteroatoms. The van der Waals surface area contributed by atoms with Crippen molar-refractivity contribution in [3.8, 4) is 0 Å². The molecule has 1 aromatic heterocycles. The van der Waals surface area contributed by atoms with Gasteiger partial charge < -0.3 is 20.7 Å². The predicted molar refractivity (Wildman–Crippen MR) is 94.8 cm³/mol. The van der Waals surface area contributed by atoms with Crippen molar-refractivity contribution in [3.63, 3.8) is 0 Å². The van der Waals surface area contributed by atoms with Crippen LogP contribution >= 0.6 is 11.3 Å². The molecule has 3 amide bonds. The fraction of sp³-hybridized carbons (Fsp3) is 0.312. The van der Waals surface area contributed by atoms with E-state index >= 15 is 0 Å². The number of benzene rings is 1. The normalized spacial score (nSPS) is 16.3. The number of fused-ring (bicyclic) bond motifs is 1. The topological polar surface area (TPSA) is 122 Å². The fourth-order valence-corrected chi connectivity index (χ4v) is 3.19. The number of rotatable bonds is 6. The molecule has 136 valence electrons. The second kappa shape index (κ2) is 8.02. The highest BCUT2D eigenvalue weighted by molar-refractivity contribution is 7.15. The molecule has 0 radical (unpaired) electrons. The quantitative estimate of drug-likeness (QED) is 0.696. The minimum absolute atomic E-state index is 0.0495. The van der Waals surface area contributed by atoms with Gasteiger partial charge in [0.15, 0.2) is 0 Å². The highest BCUT2D eigenvalue weighted by atomic mass is 32.1. The van der Waals surface area contributed by atoms with E-state index in [0.29, 0.717) is 28.0 Å². The summed E-state index contributed by atoms with van der Waals surface area (Å²) in [4.78, 5) is 36.6. The third kappa shape index (κ3) is 4.21. The summed E-state index contributed by atoms with van der Waals surface area (Å²) in [5.74, 6) is -1.01. The lowest BCUT2D eigenvalue weighted by Crippen LogP contribution is -2.41. The summed E-state index contributed by atoms with van der Waals surface area (Å²) in [6.45, 7) is 0.322. The third-order valence-corrected chi connectivity index (χ3v) is 4.50. The number of carbonyl (C=O) groups excluding carboxylic acids is 3. The molecular formula is C16H17N5O4S. The molecule has 1 aliphatic heterocycles. The Kier molecular flexibility index (Phi) is 5.54. The minimum Gasteiger partial charge on any atom is -0.377 e. The number of hydrogen-bond acceptors (Lipinski definition) is 7. The van der Waals surface area contributed by atoms with Gasteiger partial charge in [0.05, 0.1) is 11.3 Å². The molecule has 2 heterocycles. The molecule has 2 aromatic rings. The summed E-state index contributed by atoms with van der Waals surface area (Å²) >= 11 is 1.21. The van der Waals surface area contributed by atoms with Crippen LogP contribution in [0.15, 0.2) is 24.3 Å². The van der Waals surface area contributed by atoms with Crippen molar-refractivity contribution in [3.05, 3.63) is 34.8 Å². The highest BCUT2D eigenvalue weighted by Gasteiger charge is 2.27. The molecule has 0 aliphatic carbocycles. The molecule has 3 rings (SSSR count). The smallest absolute Gasteiger partial charge is 0.254 e. The summed E-state index contributed by atoms with van der Waals surface area (Å²) < 4.78 is 4.94. The Morgan fingerprint density at radius 1 is 1.31 bits per heavy atom. The van der Waals surface area contributed by atoms with E-state index in [9.17, 15) is 14.4 Å². The summed E-state index contributed by atoms with van der Waals surface area (Å²) in [5.41, 5.74) is 0.855. The van der Waals surface area contributed by atoms with Crippen molar-refractivity contribution in [2.24, 2.45) is 0 Å². The van der Waals surface area contributed by atoms with E-state index in [2.05, 4.69) is 26.1 Å². The maximum atomic E-state index is 12.3. The SMILES string of the molecule is COCc1nnc(NC(=O)CC[C@H]2NC(=O)c3ccccc3NC2=O)s1. The van der Waals surface area contributed by atoms with Crippen LogP contribution in [0.1, 0.15) is 28.2 Å². The van der Waals surface area contributed by atoms with Gasteiger partial charge in [-0.15, -0.1) is 10.2 Å². The average molecular weight is 375 g/mol. The van der Waals surface area contributed by atoms with Crippen LogP contribution < -0.4 is 16.0 Å². The Bertz CT molecular complexity index is 838. The lowest BCUT2D eigenvalue weighted by Gasteiger charge is -2.13. The van der Waals surface area contributed by atoms with Gasteiger partial charge in [0, 0.05) is 13.5 Å². The third-order valence-electron chi connectivity index (χ3n) is 3.69. The maximum Gasteiger partial charge on any atom is 0.254 e. The first kappa shape index (κ1) is 18.0. The second-order valence-corrected chi connectivity index (χ2v) is 6.64. The summed E-state index contributed by atoms with van der Waals surface area (Å²) in [7, 11) is 1.55. The summed E-state index contributed by atoms with van der Waals surface area (Å²) in [6.07, 6.45) is 0.217. The van der Waals surface area contributed by atoms with E-state index in [1.165, 1.54) is 11.3 Å². The van der Waals surface area contributed by atoms with Gasteiger partial charge in [-0.1, -0.05) is 23.5 Å². The number of nitrogens with zero attached hydrogens (tertiary/aromatic N) is 2. The number of hydrogen-bond donors (Lipinski definition) is 3. The molecule has 9 nitrogen and oxygen atoms in total. The van der Waals surface area contributed by atoms with Crippen molar-refractivity contribution < 1.29 is 19.1 Å². The lowest BCUT2D eigenvalue weighted by atomic mass is 10.1. The van der Waals surface area contributed by atoms with Gasteiger partial charge in [-0.2, -0.15) is 0 Å². The van der Waals surface area contributed by atoms with E-state index in [1.54, 1.807) is 31.4 Å². The molecule has 0 bridgehead atoms. The second-order valence-electron chi connectivity index (χ2n) is 5.58. The van der Waals surface area contributed by atoms with Crippen LogP contribution in [0.4, 0.5) is 10.8 Å². The van der Waals surface area contributed by atoms with E-state index in [1.807, 2.05) is 0 Å². The Morgan fingerprint density at radius 2 is 2.12 bits per heavy atom. The van der Waals surface area contributed by atoms with Crippen LogP contribution in [-0.4, -0.2) is 41.1 Å².